The van der Waals surface area contributed by atoms with Gasteiger partial charge in [-0.1, -0.05) is 85.8 Å². The van der Waals surface area contributed by atoms with Gasteiger partial charge in [-0.2, -0.15) is 0 Å². The minimum atomic E-state index is -0.778. The van der Waals surface area contributed by atoms with Gasteiger partial charge in [0.25, 0.3) is 0 Å². The normalized spacial score (nSPS) is 14.2. The quantitative estimate of drug-likeness (QED) is 0.499. The van der Waals surface area contributed by atoms with E-state index in [1.54, 1.807) is 12.1 Å². The van der Waals surface area contributed by atoms with E-state index in [4.69, 9.17) is 4.74 Å². The first-order valence-electron chi connectivity index (χ1n) is 10.0. The summed E-state index contributed by atoms with van der Waals surface area (Å²) < 4.78 is 6.41. The molecule has 0 saturated carbocycles. The second-order valence-corrected chi connectivity index (χ2v) is 7.84. The smallest absolute Gasteiger partial charge is 0.339 e. The van der Waals surface area contributed by atoms with E-state index in [1.807, 2.05) is 68.7 Å². The van der Waals surface area contributed by atoms with Gasteiger partial charge in [-0.05, 0) is 37.4 Å². The molecule has 0 unspecified atom stereocenters. The summed E-state index contributed by atoms with van der Waals surface area (Å²) in [5.41, 5.74) is 1.95. The summed E-state index contributed by atoms with van der Waals surface area (Å²) in [6.45, 7) is 2.96. The van der Waals surface area contributed by atoms with Crippen molar-refractivity contribution in [3.63, 3.8) is 0 Å². The predicted molar refractivity (Wildman–Crippen MR) is 118 cm³/mol. The van der Waals surface area contributed by atoms with Gasteiger partial charge in [0.1, 0.15) is 5.60 Å². The molecule has 0 aliphatic rings. The van der Waals surface area contributed by atoms with E-state index in [0.29, 0.717) is 12.0 Å². The zero-order chi connectivity index (χ0) is 20.7. The minimum Gasteiger partial charge on any atom is -0.450 e. The molecule has 0 N–H and O–H groups in total. The van der Waals surface area contributed by atoms with Gasteiger partial charge in [-0.25, -0.2) is 4.79 Å². The number of carbonyl (C=O) groups is 1. The molecule has 0 saturated heterocycles. The lowest BCUT2D eigenvalue weighted by molar-refractivity contribution is -0.0572. The molecule has 3 rings (SSSR count). The lowest BCUT2D eigenvalue weighted by Gasteiger charge is -2.40. The van der Waals surface area contributed by atoms with Crippen LogP contribution in [0.2, 0.25) is 0 Å². The highest BCUT2D eigenvalue weighted by Gasteiger charge is 2.42. The molecule has 3 nitrogen and oxygen atoms in total. The van der Waals surface area contributed by atoms with Crippen LogP contribution in [-0.2, 0) is 16.8 Å². The van der Waals surface area contributed by atoms with E-state index in [0.717, 1.165) is 17.7 Å². The van der Waals surface area contributed by atoms with Crippen molar-refractivity contribution in [1.29, 1.82) is 0 Å². The lowest BCUT2D eigenvalue weighted by atomic mass is 9.77. The Kier molecular flexibility index (Phi) is 6.84. The summed E-state index contributed by atoms with van der Waals surface area (Å²) in [5.74, 6) is -0.219. The highest BCUT2D eigenvalue weighted by molar-refractivity contribution is 5.89. The Labute approximate surface area is 174 Å². The molecule has 3 aromatic carbocycles. The fourth-order valence-corrected chi connectivity index (χ4v) is 3.87. The summed E-state index contributed by atoms with van der Waals surface area (Å²) in [6.07, 6.45) is 0.617. The van der Waals surface area contributed by atoms with Gasteiger partial charge in [0.05, 0.1) is 5.56 Å². The number of esters is 1. The first-order chi connectivity index (χ1) is 14.0. The van der Waals surface area contributed by atoms with Crippen molar-refractivity contribution in [3.05, 3.63) is 108 Å². The van der Waals surface area contributed by atoms with Crippen LogP contribution in [-0.4, -0.2) is 31.5 Å². The van der Waals surface area contributed by atoms with Crippen molar-refractivity contribution in [2.75, 3.05) is 20.6 Å². The van der Waals surface area contributed by atoms with E-state index < -0.39 is 5.60 Å². The maximum atomic E-state index is 13.2. The van der Waals surface area contributed by atoms with Crippen LogP contribution in [0.25, 0.3) is 0 Å². The largest absolute Gasteiger partial charge is 0.450 e. The molecule has 0 radical (unpaired) electrons. The second-order valence-electron chi connectivity index (χ2n) is 7.84. The van der Waals surface area contributed by atoms with Crippen LogP contribution in [0.1, 0.15) is 28.4 Å². The molecule has 2 atom stereocenters. The molecule has 3 aromatic rings. The highest BCUT2D eigenvalue weighted by Crippen LogP contribution is 2.38. The molecular formula is C26H29NO2. The Morgan fingerprint density at radius 1 is 0.862 bits per heavy atom. The molecule has 0 amide bonds. The maximum absolute atomic E-state index is 13.2. The van der Waals surface area contributed by atoms with Gasteiger partial charge in [-0.3, -0.25) is 0 Å². The third-order valence-electron chi connectivity index (χ3n) is 5.29. The molecule has 0 fully saturated rings. The number of carbonyl (C=O) groups excluding carboxylic acids is 1. The Bertz CT molecular complexity index is 894. The maximum Gasteiger partial charge on any atom is 0.339 e. The third-order valence-corrected chi connectivity index (χ3v) is 5.29. The van der Waals surface area contributed by atoms with Crippen molar-refractivity contribution in [2.24, 2.45) is 5.92 Å². The van der Waals surface area contributed by atoms with Crippen LogP contribution in [0.4, 0.5) is 0 Å². The Balaban J connectivity index is 2.08. The third kappa shape index (κ3) is 5.12. The number of ether oxygens (including phenoxy) is 1. The van der Waals surface area contributed by atoms with Crippen LogP contribution in [0.5, 0.6) is 0 Å². The first kappa shape index (κ1) is 20.8. The average Bonchev–Trinajstić information content (AvgIpc) is 2.74. The molecule has 150 valence electrons. The highest BCUT2D eigenvalue weighted by atomic mass is 16.6. The van der Waals surface area contributed by atoms with Crippen molar-refractivity contribution in [3.8, 4) is 0 Å². The van der Waals surface area contributed by atoms with E-state index in [1.165, 1.54) is 0 Å². The molecular weight excluding hydrogens is 358 g/mol. The summed E-state index contributed by atoms with van der Waals surface area (Å²) >= 11 is 0. The second kappa shape index (κ2) is 9.53. The van der Waals surface area contributed by atoms with Crippen molar-refractivity contribution < 1.29 is 9.53 Å². The molecule has 0 aliphatic carbocycles. The Hall–Kier alpha value is -2.91. The molecule has 29 heavy (non-hydrogen) atoms. The SMILES string of the molecule is C[C@H](CN(C)C)[C@](Cc1ccccc1)(OC(=O)c1ccccc1)c1ccccc1. The van der Waals surface area contributed by atoms with Crippen LogP contribution >= 0.6 is 0 Å². The lowest BCUT2D eigenvalue weighted by Crippen LogP contribution is -2.45. The number of benzene rings is 3. The van der Waals surface area contributed by atoms with Gasteiger partial charge in [0, 0.05) is 18.9 Å². The summed E-state index contributed by atoms with van der Waals surface area (Å²) in [7, 11) is 4.10. The zero-order valence-corrected chi connectivity index (χ0v) is 17.4. The average molecular weight is 388 g/mol. The van der Waals surface area contributed by atoms with E-state index in [9.17, 15) is 4.79 Å². The Morgan fingerprint density at radius 2 is 1.38 bits per heavy atom. The summed E-state index contributed by atoms with van der Waals surface area (Å²) in [5, 5.41) is 0. The zero-order valence-electron chi connectivity index (χ0n) is 17.4. The number of nitrogens with zero attached hydrogens (tertiary/aromatic N) is 1. The number of hydrogen-bond acceptors (Lipinski definition) is 3. The van der Waals surface area contributed by atoms with Crippen LogP contribution in [0.15, 0.2) is 91.0 Å². The fraction of sp³-hybridized carbons (Fsp3) is 0.269. The standard InChI is InChI=1S/C26H29NO2/c1-21(20-27(2)3)26(24-17-11-6-12-18-24,19-22-13-7-4-8-14-22)29-25(28)23-15-9-5-10-16-23/h4-18,21H,19-20H2,1-3H3/t21-,26+/m1/s1. The van der Waals surface area contributed by atoms with E-state index >= 15 is 0 Å². The predicted octanol–water partition coefficient (Wildman–Crippen LogP) is 5.18. The number of hydrogen-bond donors (Lipinski definition) is 0. The molecule has 0 spiro atoms. The van der Waals surface area contributed by atoms with Crippen LogP contribution < -0.4 is 0 Å². The van der Waals surface area contributed by atoms with E-state index in [-0.39, 0.29) is 11.9 Å². The van der Waals surface area contributed by atoms with Gasteiger partial charge in [-0.15, -0.1) is 0 Å². The van der Waals surface area contributed by atoms with Crippen LogP contribution in [0, 0.1) is 5.92 Å². The summed E-state index contributed by atoms with van der Waals surface area (Å²) in [6, 6.07) is 29.6. The Morgan fingerprint density at radius 3 is 1.93 bits per heavy atom. The summed E-state index contributed by atoms with van der Waals surface area (Å²) in [4.78, 5) is 15.3. The molecule has 0 aromatic heterocycles. The van der Waals surface area contributed by atoms with Crippen molar-refractivity contribution in [1.82, 2.24) is 4.90 Å². The van der Waals surface area contributed by atoms with E-state index in [2.05, 4.69) is 36.1 Å². The van der Waals surface area contributed by atoms with Crippen LogP contribution in [0.3, 0.4) is 0 Å². The first-order valence-corrected chi connectivity index (χ1v) is 10.0. The number of rotatable bonds is 8. The van der Waals surface area contributed by atoms with Crippen molar-refractivity contribution >= 4 is 5.97 Å². The van der Waals surface area contributed by atoms with Gasteiger partial charge in [0.15, 0.2) is 0 Å². The topological polar surface area (TPSA) is 29.5 Å². The molecule has 3 heteroatoms. The molecule has 0 aliphatic heterocycles. The fourth-order valence-electron chi connectivity index (χ4n) is 3.87. The van der Waals surface area contributed by atoms with Gasteiger partial charge >= 0.3 is 5.97 Å². The monoisotopic (exact) mass is 387 g/mol. The van der Waals surface area contributed by atoms with Gasteiger partial charge < -0.3 is 9.64 Å². The molecule has 0 heterocycles. The van der Waals surface area contributed by atoms with Gasteiger partial charge in [0.2, 0.25) is 0 Å². The van der Waals surface area contributed by atoms with Crippen molar-refractivity contribution in [2.45, 2.75) is 18.9 Å². The molecule has 0 bridgehead atoms. The minimum absolute atomic E-state index is 0.0766.